The quantitative estimate of drug-likeness (QED) is 0.808. The van der Waals surface area contributed by atoms with Gasteiger partial charge in [-0.2, -0.15) is 0 Å². The Balaban J connectivity index is 1.77. The molecule has 0 amide bonds. The van der Waals surface area contributed by atoms with Crippen molar-refractivity contribution in [1.82, 2.24) is 14.9 Å². The molecule has 2 atom stereocenters. The van der Waals surface area contributed by atoms with Crippen molar-refractivity contribution in [3.8, 4) is 0 Å². The molecule has 1 aromatic rings. The number of halogens is 1. The Hall–Kier alpha value is -0.410. The summed E-state index contributed by atoms with van der Waals surface area (Å²) in [6.45, 7) is 2.56. The van der Waals surface area contributed by atoms with Gasteiger partial charge in [0.1, 0.15) is 10.7 Å². The van der Waals surface area contributed by atoms with Crippen LogP contribution in [0.2, 0.25) is 0 Å². The third-order valence-electron chi connectivity index (χ3n) is 4.26. The molecule has 2 unspecified atom stereocenters. The summed E-state index contributed by atoms with van der Waals surface area (Å²) in [6.07, 6.45) is 3.11. The zero-order valence-electron chi connectivity index (χ0n) is 11.9. The van der Waals surface area contributed by atoms with Crippen LogP contribution >= 0.6 is 15.9 Å². The monoisotopic (exact) mass is 377 g/mol. The maximum Gasteiger partial charge on any atom is 0.245 e. The Bertz CT molecular complexity index is 616. The fourth-order valence-electron chi connectivity index (χ4n) is 3.33. The molecule has 2 saturated heterocycles. The van der Waals surface area contributed by atoms with E-state index in [0.29, 0.717) is 18.3 Å². The first-order valence-electron chi connectivity index (χ1n) is 7.20. The second-order valence-electron chi connectivity index (χ2n) is 5.64. The predicted octanol–water partition coefficient (Wildman–Crippen LogP) is 1.28. The van der Waals surface area contributed by atoms with E-state index in [4.69, 9.17) is 4.42 Å². The van der Waals surface area contributed by atoms with Gasteiger partial charge in [0.05, 0.1) is 6.54 Å². The van der Waals surface area contributed by atoms with Gasteiger partial charge >= 0.3 is 0 Å². The minimum Gasteiger partial charge on any atom is -0.452 e. The van der Waals surface area contributed by atoms with Crippen LogP contribution < -0.4 is 10.0 Å². The third-order valence-corrected chi connectivity index (χ3v) is 6.61. The van der Waals surface area contributed by atoms with E-state index in [-0.39, 0.29) is 15.6 Å². The Morgan fingerprint density at radius 2 is 2.24 bits per heavy atom. The lowest BCUT2D eigenvalue weighted by Gasteiger charge is -2.20. The molecule has 6 nitrogen and oxygen atoms in total. The Kier molecular flexibility index (Phi) is 4.42. The average molecular weight is 378 g/mol. The molecule has 0 bridgehead atoms. The van der Waals surface area contributed by atoms with Gasteiger partial charge in [0.25, 0.3) is 0 Å². The molecule has 2 aliphatic heterocycles. The van der Waals surface area contributed by atoms with Crippen molar-refractivity contribution < 1.29 is 12.8 Å². The Morgan fingerprint density at radius 1 is 1.43 bits per heavy atom. The lowest BCUT2D eigenvalue weighted by atomic mass is 10.1. The summed E-state index contributed by atoms with van der Waals surface area (Å²) in [5, 5.41) is 2.94. The molecule has 8 heteroatoms. The van der Waals surface area contributed by atoms with E-state index in [1.54, 1.807) is 13.1 Å². The molecule has 118 valence electrons. The Morgan fingerprint density at radius 3 is 3.00 bits per heavy atom. The third kappa shape index (κ3) is 3.05. The predicted molar refractivity (Wildman–Crippen MR) is 82.5 cm³/mol. The van der Waals surface area contributed by atoms with Crippen LogP contribution in [0.15, 0.2) is 20.0 Å². The molecule has 2 aliphatic rings. The molecule has 2 N–H and O–H groups in total. The number of hydrogen-bond donors (Lipinski definition) is 2. The minimum absolute atomic E-state index is 0.00653. The summed E-state index contributed by atoms with van der Waals surface area (Å²) >= 11 is 3.20. The molecule has 2 fully saturated rings. The van der Waals surface area contributed by atoms with E-state index in [1.807, 2.05) is 0 Å². The van der Waals surface area contributed by atoms with E-state index in [1.165, 1.54) is 0 Å². The Labute approximate surface area is 133 Å². The highest BCUT2D eigenvalue weighted by Gasteiger charge is 2.39. The van der Waals surface area contributed by atoms with Crippen molar-refractivity contribution >= 4 is 26.0 Å². The number of furan rings is 1. The van der Waals surface area contributed by atoms with Crippen LogP contribution in [0.4, 0.5) is 0 Å². The van der Waals surface area contributed by atoms with E-state index >= 15 is 0 Å². The molecule has 0 aromatic carbocycles. The van der Waals surface area contributed by atoms with Crippen molar-refractivity contribution in [2.75, 3.05) is 20.1 Å². The maximum atomic E-state index is 12.6. The van der Waals surface area contributed by atoms with Gasteiger partial charge in [-0.15, -0.1) is 0 Å². The minimum atomic E-state index is -3.56. The van der Waals surface area contributed by atoms with Crippen LogP contribution in [-0.4, -0.2) is 45.5 Å². The van der Waals surface area contributed by atoms with Gasteiger partial charge in [-0.05, 0) is 48.8 Å². The molecule has 0 radical (unpaired) electrons. The first-order valence-corrected chi connectivity index (χ1v) is 9.48. The zero-order valence-corrected chi connectivity index (χ0v) is 14.3. The number of hydrogen-bond acceptors (Lipinski definition) is 5. The zero-order chi connectivity index (χ0) is 15.0. The van der Waals surface area contributed by atoms with Crippen molar-refractivity contribution in [2.24, 2.45) is 0 Å². The smallest absolute Gasteiger partial charge is 0.245 e. The van der Waals surface area contributed by atoms with E-state index < -0.39 is 10.0 Å². The van der Waals surface area contributed by atoms with Crippen LogP contribution in [0.3, 0.4) is 0 Å². The van der Waals surface area contributed by atoms with Crippen molar-refractivity contribution in [3.63, 3.8) is 0 Å². The molecular weight excluding hydrogens is 358 g/mol. The summed E-state index contributed by atoms with van der Waals surface area (Å²) in [5.41, 5.74) is 0. The first kappa shape index (κ1) is 15.5. The van der Waals surface area contributed by atoms with Crippen LogP contribution in [0.25, 0.3) is 0 Å². The van der Waals surface area contributed by atoms with E-state index in [2.05, 4.69) is 30.9 Å². The van der Waals surface area contributed by atoms with Crippen LogP contribution in [0, 0.1) is 0 Å². The number of nitrogens with one attached hydrogen (secondary N) is 2. The van der Waals surface area contributed by atoms with Crippen LogP contribution in [0.5, 0.6) is 0 Å². The molecule has 3 heterocycles. The van der Waals surface area contributed by atoms with Gasteiger partial charge < -0.3 is 9.73 Å². The number of fused-ring (bicyclic) bond motifs is 1. The fraction of sp³-hybridized carbons (Fsp3) is 0.692. The van der Waals surface area contributed by atoms with Gasteiger partial charge in [-0.1, -0.05) is 0 Å². The largest absolute Gasteiger partial charge is 0.452 e. The van der Waals surface area contributed by atoms with Crippen molar-refractivity contribution in [3.05, 3.63) is 16.5 Å². The van der Waals surface area contributed by atoms with Crippen LogP contribution in [0.1, 0.15) is 25.0 Å². The summed E-state index contributed by atoms with van der Waals surface area (Å²) in [6, 6.07) is 1.93. The summed E-state index contributed by atoms with van der Waals surface area (Å²) in [5.74, 6) is 0.596. The van der Waals surface area contributed by atoms with E-state index in [0.717, 1.165) is 32.4 Å². The molecule has 0 aliphatic carbocycles. The maximum absolute atomic E-state index is 12.6. The van der Waals surface area contributed by atoms with Gasteiger partial charge in [-0.25, -0.2) is 13.1 Å². The lowest BCUT2D eigenvalue weighted by Crippen LogP contribution is -2.42. The highest BCUT2D eigenvalue weighted by Crippen LogP contribution is 2.31. The van der Waals surface area contributed by atoms with Gasteiger partial charge in [0.2, 0.25) is 10.0 Å². The molecular formula is C13H20BrN3O3S. The summed E-state index contributed by atoms with van der Waals surface area (Å²) in [4.78, 5) is 2.56. The van der Waals surface area contributed by atoms with Gasteiger partial charge in [0, 0.05) is 24.7 Å². The fourth-order valence-corrected chi connectivity index (χ4v) is 5.63. The molecule has 3 rings (SSSR count). The van der Waals surface area contributed by atoms with Crippen molar-refractivity contribution in [2.45, 2.75) is 42.8 Å². The topological polar surface area (TPSA) is 74.6 Å². The van der Waals surface area contributed by atoms with Crippen molar-refractivity contribution in [1.29, 1.82) is 0 Å². The SMILES string of the molecule is CNCc1cc(S(=O)(=O)NC2CCN3CCCC23)c(Br)o1. The number of rotatable bonds is 5. The molecule has 21 heavy (non-hydrogen) atoms. The summed E-state index contributed by atoms with van der Waals surface area (Å²) in [7, 11) is -1.77. The van der Waals surface area contributed by atoms with E-state index in [9.17, 15) is 8.42 Å². The van der Waals surface area contributed by atoms with Gasteiger partial charge in [0.15, 0.2) is 4.67 Å². The number of sulfonamides is 1. The standard InChI is InChI=1S/C13H20BrN3O3S/c1-15-8-9-7-12(13(14)20-9)21(18,19)16-10-4-6-17-5-2-3-11(10)17/h7,10-11,15-16H,2-6,8H2,1H3. The first-order chi connectivity index (χ1) is 10.0. The number of nitrogens with zero attached hydrogens (tertiary/aromatic N) is 1. The van der Waals surface area contributed by atoms with Gasteiger partial charge in [-0.3, -0.25) is 4.90 Å². The summed E-state index contributed by atoms with van der Waals surface area (Å²) < 4.78 is 33.7. The molecule has 0 spiro atoms. The lowest BCUT2D eigenvalue weighted by molar-refractivity contribution is 0.309. The highest BCUT2D eigenvalue weighted by atomic mass is 79.9. The molecule has 0 saturated carbocycles. The second-order valence-corrected chi connectivity index (χ2v) is 8.05. The second kappa shape index (κ2) is 6.00. The highest BCUT2D eigenvalue weighted by molar-refractivity contribution is 9.10. The van der Waals surface area contributed by atoms with Crippen LogP contribution in [-0.2, 0) is 16.6 Å². The average Bonchev–Trinajstić information content (AvgIpc) is 3.08. The molecule has 1 aromatic heterocycles. The normalized spacial score (nSPS) is 26.4.